The van der Waals surface area contributed by atoms with E-state index in [1.54, 1.807) is 6.92 Å². The zero-order valence-electron chi connectivity index (χ0n) is 17.8. The molecule has 2 aromatic carbocycles. The molecule has 11 heteroatoms. The molecule has 11 nitrogen and oxygen atoms in total. The lowest BCUT2D eigenvalue weighted by Gasteiger charge is -2.25. The van der Waals surface area contributed by atoms with Gasteiger partial charge in [0.1, 0.15) is 6.04 Å². The fraction of sp³-hybridized carbons (Fsp3) is 0.273. The third-order valence-corrected chi connectivity index (χ3v) is 4.72. The van der Waals surface area contributed by atoms with Gasteiger partial charge in [0.05, 0.1) is 30.6 Å². The van der Waals surface area contributed by atoms with Crippen molar-refractivity contribution >= 4 is 29.5 Å². The van der Waals surface area contributed by atoms with E-state index in [9.17, 15) is 34.4 Å². The monoisotopic (exact) mass is 458 g/mol. The van der Waals surface area contributed by atoms with E-state index in [1.807, 2.05) is 0 Å². The first-order valence-electron chi connectivity index (χ1n) is 9.80. The molecule has 2 N–H and O–H groups in total. The molecule has 33 heavy (non-hydrogen) atoms. The smallest absolute Gasteiger partial charge is 0.337 e. The quantitative estimate of drug-likeness (QED) is 0.309. The van der Waals surface area contributed by atoms with Crippen LogP contribution in [0.15, 0.2) is 48.5 Å². The first-order chi connectivity index (χ1) is 15.7. The maximum Gasteiger partial charge on any atom is 0.337 e. The van der Waals surface area contributed by atoms with Crippen molar-refractivity contribution in [1.29, 1.82) is 0 Å². The van der Waals surface area contributed by atoms with Crippen molar-refractivity contribution in [1.82, 2.24) is 5.32 Å². The second kappa shape index (κ2) is 11.4. The number of nitrogens with one attached hydrogen (secondary N) is 1. The van der Waals surface area contributed by atoms with Gasteiger partial charge in [-0.15, -0.1) is 0 Å². The zero-order chi connectivity index (χ0) is 24.5. The van der Waals surface area contributed by atoms with Gasteiger partial charge in [0.25, 0.3) is 11.6 Å². The Morgan fingerprint density at radius 1 is 1.09 bits per heavy atom. The first kappa shape index (κ1) is 25.0. The van der Waals surface area contributed by atoms with Crippen molar-refractivity contribution in [2.24, 2.45) is 0 Å². The molecule has 0 spiro atoms. The number of hydrogen-bond acceptors (Lipinski definition) is 8. The number of carbonyl (C=O) groups is 4. The van der Waals surface area contributed by atoms with Gasteiger partial charge in [-0.3, -0.25) is 19.7 Å². The minimum absolute atomic E-state index is 0.00253. The Kier molecular flexibility index (Phi) is 8.61. The number of aliphatic carboxylic acids is 1. The predicted octanol–water partition coefficient (Wildman–Crippen LogP) is 2.30. The second-order valence-electron chi connectivity index (χ2n) is 6.83. The molecule has 0 heterocycles. The van der Waals surface area contributed by atoms with E-state index in [4.69, 9.17) is 4.74 Å². The first-order valence-corrected chi connectivity index (χ1v) is 9.80. The number of non-ortho nitro benzene ring substituents is 1. The molecule has 0 aliphatic rings. The van der Waals surface area contributed by atoms with Gasteiger partial charge >= 0.3 is 17.9 Å². The molecule has 0 aliphatic carbocycles. The molecular weight excluding hydrogens is 436 g/mol. The lowest BCUT2D eigenvalue weighted by molar-refractivity contribution is -0.384. The number of hydrogen-bond donors (Lipinski definition) is 2. The number of nitro groups is 1. The summed E-state index contributed by atoms with van der Waals surface area (Å²) in [6.07, 6.45) is -0.398. The minimum Gasteiger partial charge on any atom is -0.480 e. The lowest BCUT2D eigenvalue weighted by atomic mass is 9.88. The summed E-state index contributed by atoms with van der Waals surface area (Å²) in [7, 11) is 1.18. The van der Waals surface area contributed by atoms with Crippen LogP contribution in [0.3, 0.4) is 0 Å². The molecular formula is C22H22N2O9. The molecule has 174 valence electrons. The van der Waals surface area contributed by atoms with Gasteiger partial charge in [0.15, 0.2) is 0 Å². The number of carboxylic acid groups (broad SMARTS) is 1. The fourth-order valence-corrected chi connectivity index (χ4v) is 3.14. The Labute approximate surface area is 188 Å². The van der Waals surface area contributed by atoms with Crippen LogP contribution in [0.25, 0.3) is 0 Å². The molecule has 0 bridgehead atoms. The van der Waals surface area contributed by atoms with E-state index >= 15 is 0 Å². The molecule has 0 aliphatic heterocycles. The van der Waals surface area contributed by atoms with Gasteiger partial charge in [0, 0.05) is 23.6 Å². The predicted molar refractivity (Wildman–Crippen MR) is 114 cm³/mol. The normalized spacial score (nSPS) is 12.2. The number of esters is 2. The summed E-state index contributed by atoms with van der Waals surface area (Å²) in [5.41, 5.74) is 0.159. The molecule has 0 saturated heterocycles. The number of amides is 1. The average Bonchev–Trinajstić information content (AvgIpc) is 2.80. The van der Waals surface area contributed by atoms with Crippen molar-refractivity contribution in [2.45, 2.75) is 25.3 Å². The van der Waals surface area contributed by atoms with Crippen molar-refractivity contribution in [3.05, 3.63) is 75.3 Å². The highest BCUT2D eigenvalue weighted by atomic mass is 16.6. The molecule has 0 unspecified atom stereocenters. The van der Waals surface area contributed by atoms with Crippen LogP contribution in [-0.4, -0.2) is 53.6 Å². The number of benzene rings is 2. The van der Waals surface area contributed by atoms with E-state index < -0.39 is 47.1 Å². The Hall–Kier alpha value is -4.28. The Morgan fingerprint density at radius 3 is 2.27 bits per heavy atom. The number of nitro benzene ring substituents is 1. The molecule has 0 aromatic heterocycles. The number of methoxy groups -OCH3 is 1. The molecule has 1 amide bonds. The highest BCUT2D eigenvalue weighted by Gasteiger charge is 2.34. The summed E-state index contributed by atoms with van der Waals surface area (Å²) in [6, 6.07) is 8.90. The molecule has 2 atom stereocenters. The minimum atomic E-state index is -1.58. The van der Waals surface area contributed by atoms with Gasteiger partial charge in [0.2, 0.25) is 0 Å². The van der Waals surface area contributed by atoms with Crippen LogP contribution in [0.4, 0.5) is 5.69 Å². The number of rotatable bonds is 10. The van der Waals surface area contributed by atoms with E-state index in [0.717, 1.165) is 0 Å². The number of ether oxygens (including phenoxy) is 2. The van der Waals surface area contributed by atoms with Gasteiger partial charge < -0.3 is 19.9 Å². The van der Waals surface area contributed by atoms with E-state index in [1.165, 1.54) is 55.6 Å². The molecule has 2 aromatic rings. The standard InChI is InChI=1S/C22H22N2O9/c1-3-33-18(25)12-17(13-7-9-16(10-8-13)24(30)31)19(21(27)28)23-20(26)14-5-4-6-15(11-14)22(29)32-2/h4-11,17,19H,3,12H2,1-2H3,(H,23,26)(H,27,28)/t17-,19-/m0/s1. The Bertz CT molecular complexity index is 1050. The van der Waals surface area contributed by atoms with E-state index in [-0.39, 0.29) is 29.0 Å². The number of nitrogens with zero attached hydrogens (tertiary/aromatic N) is 1. The summed E-state index contributed by atoms with van der Waals surface area (Å²) in [5, 5.41) is 23.1. The summed E-state index contributed by atoms with van der Waals surface area (Å²) in [6.45, 7) is 1.65. The Morgan fingerprint density at radius 2 is 1.73 bits per heavy atom. The maximum absolute atomic E-state index is 12.8. The van der Waals surface area contributed by atoms with Crippen molar-refractivity contribution in [3.8, 4) is 0 Å². The third-order valence-electron chi connectivity index (χ3n) is 4.72. The summed E-state index contributed by atoms with van der Waals surface area (Å²) in [5.74, 6) is -4.70. The van der Waals surface area contributed by atoms with Gasteiger partial charge in [-0.2, -0.15) is 0 Å². The molecule has 0 fully saturated rings. The topological polar surface area (TPSA) is 162 Å². The van der Waals surface area contributed by atoms with Crippen LogP contribution < -0.4 is 5.32 Å². The van der Waals surface area contributed by atoms with Crippen LogP contribution in [0, 0.1) is 10.1 Å². The third kappa shape index (κ3) is 6.60. The second-order valence-corrected chi connectivity index (χ2v) is 6.83. The van der Waals surface area contributed by atoms with Gasteiger partial charge in [-0.1, -0.05) is 18.2 Å². The fourth-order valence-electron chi connectivity index (χ4n) is 3.14. The maximum atomic E-state index is 12.8. The van der Waals surface area contributed by atoms with Gasteiger partial charge in [-0.05, 0) is 30.7 Å². The summed E-state index contributed by atoms with van der Waals surface area (Å²) >= 11 is 0. The van der Waals surface area contributed by atoms with Crippen LogP contribution in [0.5, 0.6) is 0 Å². The Balaban J connectivity index is 2.39. The van der Waals surface area contributed by atoms with Crippen molar-refractivity contribution in [3.63, 3.8) is 0 Å². The van der Waals surface area contributed by atoms with Crippen molar-refractivity contribution in [2.75, 3.05) is 13.7 Å². The largest absolute Gasteiger partial charge is 0.480 e. The van der Waals surface area contributed by atoms with Crippen molar-refractivity contribution < 1.29 is 38.7 Å². The summed E-state index contributed by atoms with van der Waals surface area (Å²) in [4.78, 5) is 59.0. The van der Waals surface area contributed by atoms with E-state index in [2.05, 4.69) is 10.1 Å². The average molecular weight is 458 g/mol. The SMILES string of the molecule is CCOC(=O)C[C@@H](c1ccc([N+](=O)[O-])cc1)[C@H](NC(=O)c1cccc(C(=O)OC)c1)C(=O)O. The van der Waals surface area contributed by atoms with Crippen LogP contribution in [0.1, 0.15) is 45.5 Å². The van der Waals surface area contributed by atoms with Crippen LogP contribution in [0.2, 0.25) is 0 Å². The van der Waals surface area contributed by atoms with E-state index in [0.29, 0.717) is 0 Å². The zero-order valence-corrected chi connectivity index (χ0v) is 17.8. The number of carbonyl (C=O) groups excluding carboxylic acids is 3. The van der Waals surface area contributed by atoms with Gasteiger partial charge in [-0.25, -0.2) is 9.59 Å². The van der Waals surface area contributed by atoms with Crippen LogP contribution in [-0.2, 0) is 19.1 Å². The molecule has 0 radical (unpaired) electrons. The highest BCUT2D eigenvalue weighted by Crippen LogP contribution is 2.27. The summed E-state index contributed by atoms with van der Waals surface area (Å²) < 4.78 is 9.54. The lowest BCUT2D eigenvalue weighted by Crippen LogP contribution is -2.45. The molecule has 0 saturated carbocycles. The van der Waals surface area contributed by atoms with Crippen LogP contribution >= 0.6 is 0 Å². The highest BCUT2D eigenvalue weighted by molar-refractivity contribution is 5.99. The number of carboxylic acids is 1. The molecule has 2 rings (SSSR count).